The molecule has 0 radical (unpaired) electrons. The maximum atomic E-state index is 10.8. The monoisotopic (exact) mass is 249 g/mol. The minimum Gasteiger partial charge on any atom is -0.494 e. The van der Waals surface area contributed by atoms with Gasteiger partial charge in [0.1, 0.15) is 5.75 Å². The van der Waals surface area contributed by atoms with E-state index in [1.165, 1.54) is 0 Å². The van der Waals surface area contributed by atoms with Gasteiger partial charge in [0.25, 0.3) is 0 Å². The number of rotatable bonds is 7. The Balaban J connectivity index is 1.55. The topological polar surface area (TPSA) is 58.6 Å². The molecule has 1 fully saturated rings. The van der Waals surface area contributed by atoms with Gasteiger partial charge in [-0.2, -0.15) is 0 Å². The quantitative estimate of drug-likeness (QED) is 0.725. The van der Waals surface area contributed by atoms with Gasteiger partial charge in [-0.15, -0.1) is 0 Å². The maximum absolute atomic E-state index is 10.8. The molecule has 0 spiro atoms. The fourth-order valence-electron chi connectivity index (χ4n) is 2.11. The summed E-state index contributed by atoms with van der Waals surface area (Å²) in [5, 5.41) is 12.2. The number of hydrogen-bond acceptors (Lipinski definition) is 3. The lowest BCUT2D eigenvalue weighted by molar-refractivity contribution is -0.146. The molecule has 1 aromatic carbocycles. The first kappa shape index (κ1) is 12.9. The highest BCUT2D eigenvalue weighted by Gasteiger charge is 2.35. The van der Waals surface area contributed by atoms with Crippen LogP contribution in [-0.2, 0) is 4.79 Å². The van der Waals surface area contributed by atoms with Gasteiger partial charge >= 0.3 is 5.97 Å². The van der Waals surface area contributed by atoms with Crippen LogP contribution in [0.3, 0.4) is 0 Å². The molecule has 0 amide bonds. The molecule has 0 aromatic heterocycles. The summed E-state index contributed by atoms with van der Waals surface area (Å²) >= 11 is 0. The molecule has 0 heterocycles. The molecule has 1 saturated carbocycles. The van der Waals surface area contributed by atoms with E-state index in [9.17, 15) is 4.79 Å². The first-order chi connectivity index (χ1) is 8.77. The van der Waals surface area contributed by atoms with Crippen molar-refractivity contribution in [3.8, 4) is 5.75 Å². The molecule has 0 saturated heterocycles. The molecule has 4 nitrogen and oxygen atoms in total. The van der Waals surface area contributed by atoms with Crippen molar-refractivity contribution in [1.29, 1.82) is 0 Å². The van der Waals surface area contributed by atoms with Crippen molar-refractivity contribution >= 4 is 5.97 Å². The fourth-order valence-corrected chi connectivity index (χ4v) is 2.11. The number of carboxylic acids is 1. The molecule has 1 aromatic rings. The summed E-state index contributed by atoms with van der Waals surface area (Å²) in [6, 6.07) is 9.86. The minimum absolute atomic E-state index is 0.152. The first-order valence-electron chi connectivity index (χ1n) is 6.41. The smallest absolute Gasteiger partial charge is 0.308 e. The van der Waals surface area contributed by atoms with Gasteiger partial charge in [-0.05, 0) is 37.9 Å². The number of ether oxygens (including phenoxy) is 1. The van der Waals surface area contributed by atoms with Crippen molar-refractivity contribution in [2.24, 2.45) is 5.92 Å². The van der Waals surface area contributed by atoms with E-state index in [0.717, 1.165) is 31.6 Å². The molecule has 2 N–H and O–H groups in total. The van der Waals surface area contributed by atoms with Gasteiger partial charge in [-0.1, -0.05) is 18.2 Å². The van der Waals surface area contributed by atoms with Crippen molar-refractivity contribution in [2.45, 2.75) is 25.3 Å². The Morgan fingerprint density at radius 2 is 2.11 bits per heavy atom. The second-order valence-electron chi connectivity index (χ2n) is 4.60. The zero-order chi connectivity index (χ0) is 12.8. The molecular formula is C14H19NO3. The van der Waals surface area contributed by atoms with Crippen LogP contribution in [0, 0.1) is 5.92 Å². The SMILES string of the molecule is O=C(O)C1CCC1NCCCOc1ccccc1. The Kier molecular flexibility index (Phi) is 4.59. The average Bonchev–Trinajstić information content (AvgIpc) is 2.32. The predicted molar refractivity (Wildman–Crippen MR) is 68.7 cm³/mol. The number of para-hydroxylation sites is 1. The summed E-state index contributed by atoms with van der Waals surface area (Å²) in [6.45, 7) is 1.46. The van der Waals surface area contributed by atoms with Crippen LogP contribution in [0.2, 0.25) is 0 Å². The van der Waals surface area contributed by atoms with Crippen molar-refractivity contribution in [3.05, 3.63) is 30.3 Å². The summed E-state index contributed by atoms with van der Waals surface area (Å²) in [6.07, 6.45) is 2.65. The van der Waals surface area contributed by atoms with E-state index >= 15 is 0 Å². The molecular weight excluding hydrogens is 230 g/mol. The summed E-state index contributed by atoms with van der Waals surface area (Å²) in [4.78, 5) is 10.8. The van der Waals surface area contributed by atoms with Crippen LogP contribution in [-0.4, -0.2) is 30.3 Å². The standard InChI is InChI=1S/C14H19NO3/c16-14(17)12-7-8-13(12)15-9-4-10-18-11-5-2-1-3-6-11/h1-3,5-6,12-13,15H,4,7-10H2,(H,16,17). The molecule has 2 unspecified atom stereocenters. The summed E-state index contributed by atoms with van der Waals surface area (Å²) in [5.74, 6) is 0.00360. The van der Waals surface area contributed by atoms with Crippen LogP contribution in [0.15, 0.2) is 30.3 Å². The molecule has 98 valence electrons. The van der Waals surface area contributed by atoms with Gasteiger partial charge in [0.15, 0.2) is 0 Å². The van der Waals surface area contributed by atoms with E-state index in [1.54, 1.807) is 0 Å². The van der Waals surface area contributed by atoms with E-state index in [4.69, 9.17) is 9.84 Å². The zero-order valence-electron chi connectivity index (χ0n) is 10.3. The molecule has 4 heteroatoms. The summed E-state index contributed by atoms with van der Waals surface area (Å²) < 4.78 is 5.56. The van der Waals surface area contributed by atoms with Crippen LogP contribution in [0.5, 0.6) is 5.75 Å². The van der Waals surface area contributed by atoms with Crippen molar-refractivity contribution in [2.75, 3.05) is 13.2 Å². The molecule has 0 aliphatic heterocycles. The largest absolute Gasteiger partial charge is 0.494 e. The van der Waals surface area contributed by atoms with Crippen LogP contribution in [0.4, 0.5) is 0 Å². The lowest BCUT2D eigenvalue weighted by Crippen LogP contribution is -2.48. The maximum Gasteiger partial charge on any atom is 0.308 e. The number of aliphatic carboxylic acids is 1. The fraction of sp³-hybridized carbons (Fsp3) is 0.500. The minimum atomic E-state index is -0.681. The Morgan fingerprint density at radius 1 is 1.33 bits per heavy atom. The van der Waals surface area contributed by atoms with Gasteiger partial charge in [-0.25, -0.2) is 0 Å². The summed E-state index contributed by atoms with van der Waals surface area (Å²) in [5.41, 5.74) is 0. The number of nitrogens with one attached hydrogen (secondary N) is 1. The van der Waals surface area contributed by atoms with E-state index in [1.807, 2.05) is 30.3 Å². The Morgan fingerprint density at radius 3 is 2.72 bits per heavy atom. The van der Waals surface area contributed by atoms with Crippen molar-refractivity contribution < 1.29 is 14.6 Å². The summed E-state index contributed by atoms with van der Waals surface area (Å²) in [7, 11) is 0. The predicted octanol–water partition coefficient (Wildman–Crippen LogP) is 1.91. The van der Waals surface area contributed by atoms with Crippen LogP contribution in [0.1, 0.15) is 19.3 Å². The third-order valence-corrected chi connectivity index (χ3v) is 3.33. The van der Waals surface area contributed by atoms with Gasteiger partial charge in [0.2, 0.25) is 0 Å². The van der Waals surface area contributed by atoms with Gasteiger partial charge in [0.05, 0.1) is 12.5 Å². The number of benzene rings is 1. The van der Waals surface area contributed by atoms with E-state index in [-0.39, 0.29) is 12.0 Å². The second kappa shape index (κ2) is 6.40. The molecule has 18 heavy (non-hydrogen) atoms. The lowest BCUT2D eigenvalue weighted by atomic mass is 9.79. The highest BCUT2D eigenvalue weighted by molar-refractivity contribution is 5.72. The third-order valence-electron chi connectivity index (χ3n) is 3.33. The van der Waals surface area contributed by atoms with Gasteiger partial charge < -0.3 is 15.2 Å². The number of hydrogen-bond donors (Lipinski definition) is 2. The molecule has 0 bridgehead atoms. The van der Waals surface area contributed by atoms with Gasteiger partial charge in [0, 0.05) is 6.04 Å². The average molecular weight is 249 g/mol. The first-order valence-corrected chi connectivity index (χ1v) is 6.41. The Bertz CT molecular complexity index is 380. The van der Waals surface area contributed by atoms with Crippen LogP contribution >= 0.6 is 0 Å². The number of carboxylic acid groups (broad SMARTS) is 1. The second-order valence-corrected chi connectivity index (χ2v) is 4.60. The Hall–Kier alpha value is -1.55. The molecule has 2 atom stereocenters. The lowest BCUT2D eigenvalue weighted by Gasteiger charge is -2.34. The van der Waals surface area contributed by atoms with Crippen LogP contribution < -0.4 is 10.1 Å². The van der Waals surface area contributed by atoms with Gasteiger partial charge in [-0.3, -0.25) is 4.79 Å². The van der Waals surface area contributed by atoms with E-state index in [2.05, 4.69) is 5.32 Å². The molecule has 1 aliphatic rings. The van der Waals surface area contributed by atoms with Crippen LogP contribution in [0.25, 0.3) is 0 Å². The van der Waals surface area contributed by atoms with Crippen molar-refractivity contribution in [1.82, 2.24) is 5.32 Å². The molecule has 1 aliphatic carbocycles. The number of carbonyl (C=O) groups is 1. The van der Waals surface area contributed by atoms with Crippen molar-refractivity contribution in [3.63, 3.8) is 0 Å². The zero-order valence-corrected chi connectivity index (χ0v) is 10.3. The normalized spacial score (nSPS) is 22.2. The molecule has 2 rings (SSSR count). The van der Waals surface area contributed by atoms with E-state index < -0.39 is 5.97 Å². The Labute approximate surface area is 107 Å². The third kappa shape index (κ3) is 3.47. The highest BCUT2D eigenvalue weighted by Crippen LogP contribution is 2.27. The van der Waals surface area contributed by atoms with E-state index in [0.29, 0.717) is 6.61 Å². The highest BCUT2D eigenvalue weighted by atomic mass is 16.5.